The molecule has 0 unspecified atom stereocenters. The molecule has 0 saturated carbocycles. The second-order valence-corrected chi connectivity index (χ2v) is 3.94. The Balaban J connectivity index is 2.31. The molecule has 0 aliphatic carbocycles. The van der Waals surface area contributed by atoms with E-state index in [2.05, 4.69) is 51.9 Å². The van der Waals surface area contributed by atoms with Crippen LogP contribution in [0.3, 0.4) is 0 Å². The molecule has 0 aliphatic heterocycles. The van der Waals surface area contributed by atoms with Crippen molar-refractivity contribution in [1.82, 2.24) is 14.5 Å². The molecule has 17 heavy (non-hydrogen) atoms. The van der Waals surface area contributed by atoms with Crippen LogP contribution in [0.5, 0.6) is 0 Å². The second-order valence-electron chi connectivity index (χ2n) is 3.94. The lowest BCUT2D eigenvalue weighted by atomic mass is 10.1. The van der Waals surface area contributed by atoms with E-state index in [-0.39, 0.29) is 0 Å². The molecule has 2 aromatic heterocycles. The van der Waals surface area contributed by atoms with E-state index in [1.54, 1.807) is 12.5 Å². The summed E-state index contributed by atoms with van der Waals surface area (Å²) in [5, 5.41) is 1.24. The molecule has 0 saturated heterocycles. The van der Waals surface area contributed by atoms with Crippen molar-refractivity contribution in [2.24, 2.45) is 0 Å². The molecular weight excluding hydrogens is 210 g/mol. The smallest absolute Gasteiger partial charge is 0.116 e. The van der Waals surface area contributed by atoms with Crippen molar-refractivity contribution >= 4 is 10.9 Å². The molecule has 3 nitrogen and oxygen atoms in total. The molecule has 0 aliphatic rings. The van der Waals surface area contributed by atoms with Crippen LogP contribution in [0.4, 0.5) is 0 Å². The normalized spacial score (nSPS) is 10.9. The maximum atomic E-state index is 4.32. The molecule has 84 valence electrons. The number of hydrogen-bond acceptors (Lipinski definition) is 2. The summed E-state index contributed by atoms with van der Waals surface area (Å²) >= 11 is 0. The van der Waals surface area contributed by atoms with Gasteiger partial charge in [-0.05, 0) is 19.1 Å². The molecular formula is C14H13N3. The fourth-order valence-electron chi connectivity index (χ4n) is 2.16. The monoisotopic (exact) mass is 223 g/mol. The number of benzene rings is 1. The van der Waals surface area contributed by atoms with E-state index < -0.39 is 0 Å². The van der Waals surface area contributed by atoms with E-state index in [0.29, 0.717) is 0 Å². The Labute approximate surface area is 99.8 Å². The fourth-order valence-corrected chi connectivity index (χ4v) is 2.16. The Morgan fingerprint density at radius 2 is 2.06 bits per heavy atom. The quantitative estimate of drug-likeness (QED) is 0.668. The van der Waals surface area contributed by atoms with Gasteiger partial charge in [0, 0.05) is 35.4 Å². The van der Waals surface area contributed by atoms with Crippen molar-refractivity contribution in [2.75, 3.05) is 0 Å². The van der Waals surface area contributed by atoms with E-state index >= 15 is 0 Å². The standard InChI is InChI=1S/C14H13N3/c1-2-17-9-12(13-7-8-15-10-16-13)11-5-3-4-6-14(11)17/h3-10H,2H2,1H3. The van der Waals surface area contributed by atoms with Crippen LogP contribution in [0.2, 0.25) is 0 Å². The SMILES string of the molecule is CCn1cc(-c2ccncn2)c2ccccc21. The van der Waals surface area contributed by atoms with E-state index in [1.807, 2.05) is 6.07 Å². The molecule has 0 spiro atoms. The maximum absolute atomic E-state index is 4.32. The van der Waals surface area contributed by atoms with Crippen molar-refractivity contribution in [2.45, 2.75) is 13.5 Å². The van der Waals surface area contributed by atoms with Crippen molar-refractivity contribution in [3.05, 3.63) is 49.1 Å². The van der Waals surface area contributed by atoms with Crippen LogP contribution in [0, 0.1) is 0 Å². The Hall–Kier alpha value is -2.16. The summed E-state index contributed by atoms with van der Waals surface area (Å²) in [7, 11) is 0. The summed E-state index contributed by atoms with van der Waals surface area (Å²) in [6.45, 7) is 3.11. The zero-order valence-corrected chi connectivity index (χ0v) is 9.67. The van der Waals surface area contributed by atoms with Gasteiger partial charge in [0.2, 0.25) is 0 Å². The molecule has 0 N–H and O–H groups in total. The predicted molar refractivity (Wildman–Crippen MR) is 68.6 cm³/mol. The van der Waals surface area contributed by atoms with Crippen molar-refractivity contribution < 1.29 is 0 Å². The molecule has 0 fully saturated rings. The van der Waals surface area contributed by atoms with E-state index in [4.69, 9.17) is 0 Å². The zero-order valence-electron chi connectivity index (χ0n) is 9.67. The zero-order chi connectivity index (χ0) is 11.7. The number of aromatic nitrogens is 3. The third-order valence-corrected chi connectivity index (χ3v) is 2.99. The van der Waals surface area contributed by atoms with Crippen LogP contribution < -0.4 is 0 Å². The van der Waals surface area contributed by atoms with Crippen LogP contribution in [-0.2, 0) is 6.54 Å². The van der Waals surface area contributed by atoms with Gasteiger partial charge in [0.15, 0.2) is 0 Å². The predicted octanol–water partition coefficient (Wildman–Crippen LogP) is 3.12. The van der Waals surface area contributed by atoms with Gasteiger partial charge in [0.1, 0.15) is 6.33 Å². The van der Waals surface area contributed by atoms with Crippen molar-refractivity contribution in [3.8, 4) is 11.3 Å². The molecule has 0 radical (unpaired) electrons. The van der Waals surface area contributed by atoms with Gasteiger partial charge >= 0.3 is 0 Å². The third-order valence-electron chi connectivity index (χ3n) is 2.99. The Morgan fingerprint density at radius 3 is 2.82 bits per heavy atom. The van der Waals surface area contributed by atoms with Crippen LogP contribution in [0.25, 0.3) is 22.2 Å². The minimum Gasteiger partial charge on any atom is -0.347 e. The molecule has 0 bridgehead atoms. The van der Waals surface area contributed by atoms with Crippen LogP contribution in [0.1, 0.15) is 6.92 Å². The van der Waals surface area contributed by atoms with Gasteiger partial charge in [-0.15, -0.1) is 0 Å². The molecule has 3 rings (SSSR count). The molecule has 2 heterocycles. The highest BCUT2D eigenvalue weighted by molar-refractivity contribution is 5.95. The average molecular weight is 223 g/mol. The van der Waals surface area contributed by atoms with E-state index in [1.165, 1.54) is 16.5 Å². The van der Waals surface area contributed by atoms with Crippen LogP contribution in [-0.4, -0.2) is 14.5 Å². The van der Waals surface area contributed by atoms with E-state index in [9.17, 15) is 0 Å². The fraction of sp³-hybridized carbons (Fsp3) is 0.143. The first-order valence-electron chi connectivity index (χ1n) is 5.74. The molecule has 1 aromatic carbocycles. The van der Waals surface area contributed by atoms with Gasteiger partial charge in [-0.25, -0.2) is 9.97 Å². The van der Waals surface area contributed by atoms with Gasteiger partial charge in [-0.2, -0.15) is 0 Å². The number of aryl methyl sites for hydroxylation is 1. The third kappa shape index (κ3) is 1.60. The lowest BCUT2D eigenvalue weighted by Crippen LogP contribution is -1.89. The highest BCUT2D eigenvalue weighted by atomic mass is 15.0. The first kappa shape index (κ1) is 10.0. The minimum atomic E-state index is 0.964. The number of hydrogen-bond donors (Lipinski definition) is 0. The lowest BCUT2D eigenvalue weighted by Gasteiger charge is -1.98. The summed E-state index contributed by atoms with van der Waals surface area (Å²) in [6.07, 6.45) is 5.53. The Morgan fingerprint density at radius 1 is 1.18 bits per heavy atom. The highest BCUT2D eigenvalue weighted by Crippen LogP contribution is 2.28. The first-order chi connectivity index (χ1) is 8.40. The molecule has 0 atom stereocenters. The number of rotatable bonds is 2. The average Bonchev–Trinajstić information content (AvgIpc) is 2.78. The topological polar surface area (TPSA) is 30.7 Å². The van der Waals surface area contributed by atoms with Crippen molar-refractivity contribution in [3.63, 3.8) is 0 Å². The summed E-state index contributed by atoms with van der Waals surface area (Å²) in [4.78, 5) is 8.28. The maximum Gasteiger partial charge on any atom is 0.116 e. The highest BCUT2D eigenvalue weighted by Gasteiger charge is 2.09. The summed E-state index contributed by atoms with van der Waals surface area (Å²) < 4.78 is 2.24. The molecule has 3 heteroatoms. The summed E-state index contributed by atoms with van der Waals surface area (Å²) in [5.74, 6) is 0. The Bertz CT molecular complexity index is 641. The van der Waals surface area contributed by atoms with Crippen molar-refractivity contribution in [1.29, 1.82) is 0 Å². The van der Waals surface area contributed by atoms with E-state index in [0.717, 1.165) is 12.2 Å². The Kier molecular flexibility index (Phi) is 2.37. The minimum absolute atomic E-state index is 0.964. The largest absolute Gasteiger partial charge is 0.347 e. The van der Waals surface area contributed by atoms with Gasteiger partial charge in [0.05, 0.1) is 5.69 Å². The number of fused-ring (bicyclic) bond motifs is 1. The van der Waals surface area contributed by atoms with Crippen LogP contribution in [0.15, 0.2) is 49.1 Å². The van der Waals surface area contributed by atoms with Gasteiger partial charge in [0.25, 0.3) is 0 Å². The number of para-hydroxylation sites is 1. The summed E-state index contributed by atoms with van der Waals surface area (Å²) in [5.41, 5.74) is 3.40. The van der Waals surface area contributed by atoms with Gasteiger partial charge in [-0.1, -0.05) is 18.2 Å². The van der Waals surface area contributed by atoms with Gasteiger partial charge in [-0.3, -0.25) is 0 Å². The molecule has 3 aromatic rings. The second kappa shape index (κ2) is 4.01. The lowest BCUT2D eigenvalue weighted by molar-refractivity contribution is 0.798. The molecule has 0 amide bonds. The van der Waals surface area contributed by atoms with Gasteiger partial charge < -0.3 is 4.57 Å². The summed E-state index contributed by atoms with van der Waals surface area (Å²) in [6, 6.07) is 10.4. The number of nitrogens with zero attached hydrogens (tertiary/aromatic N) is 3. The first-order valence-corrected chi connectivity index (χ1v) is 5.74. The van der Waals surface area contributed by atoms with Crippen LogP contribution >= 0.6 is 0 Å².